The molecule has 8 rings (SSSR count). The van der Waals surface area contributed by atoms with Gasteiger partial charge < -0.3 is 9.80 Å². The number of para-hydroxylation sites is 2. The van der Waals surface area contributed by atoms with E-state index in [1.165, 1.54) is 26.9 Å². The van der Waals surface area contributed by atoms with Crippen molar-refractivity contribution in [3.05, 3.63) is 163 Å². The third kappa shape index (κ3) is 4.53. The zero-order valence-electron chi connectivity index (χ0n) is 25.0. The first-order valence-electron chi connectivity index (χ1n) is 15.4. The van der Waals surface area contributed by atoms with Crippen LogP contribution in [0, 0.1) is 22.7 Å². The summed E-state index contributed by atoms with van der Waals surface area (Å²) in [5, 5.41) is 26.1. The maximum absolute atomic E-state index is 9.48. The lowest BCUT2D eigenvalue weighted by Crippen LogP contribution is -2.30. The Balaban J connectivity index is 1.37. The molecule has 216 valence electrons. The van der Waals surface area contributed by atoms with Crippen LogP contribution in [0.2, 0.25) is 0 Å². The molecule has 0 aliphatic heterocycles. The zero-order valence-corrected chi connectivity index (χ0v) is 25.0. The van der Waals surface area contributed by atoms with Crippen LogP contribution in [0.3, 0.4) is 0 Å². The molecule has 1 atom stereocenters. The molecule has 0 N–H and O–H groups in total. The van der Waals surface area contributed by atoms with Crippen molar-refractivity contribution < 1.29 is 0 Å². The minimum Gasteiger partial charge on any atom is -0.334 e. The monoisotopic (exact) mass is 588 g/mol. The first-order valence-corrected chi connectivity index (χ1v) is 15.4. The van der Waals surface area contributed by atoms with Crippen LogP contribution in [0.25, 0.3) is 32.3 Å². The van der Waals surface area contributed by atoms with Crippen LogP contribution >= 0.6 is 0 Å². The molecule has 4 heteroatoms. The number of allylic oxidation sites excluding steroid dienone is 2. The lowest BCUT2D eigenvalue weighted by Gasteiger charge is -2.34. The number of anilines is 5. The Labute approximate surface area is 267 Å². The maximum atomic E-state index is 9.48. The molecule has 0 heterocycles. The maximum Gasteiger partial charge on any atom is 0.0991 e. The average Bonchev–Trinajstić information content (AvgIpc) is 3.13. The van der Waals surface area contributed by atoms with Crippen molar-refractivity contribution in [2.24, 2.45) is 0 Å². The second-order valence-electron chi connectivity index (χ2n) is 11.6. The number of benzene rings is 7. The molecule has 0 fully saturated rings. The van der Waals surface area contributed by atoms with Crippen LogP contribution in [0.5, 0.6) is 0 Å². The molecule has 0 spiro atoms. The largest absolute Gasteiger partial charge is 0.334 e. The van der Waals surface area contributed by atoms with Gasteiger partial charge in [-0.25, -0.2) is 0 Å². The van der Waals surface area contributed by atoms with E-state index in [0.29, 0.717) is 11.1 Å². The van der Waals surface area contributed by atoms with Gasteiger partial charge >= 0.3 is 0 Å². The molecule has 0 saturated carbocycles. The Hall–Kier alpha value is -6.36. The first kappa shape index (κ1) is 27.2. The number of hydrogen-bond acceptors (Lipinski definition) is 4. The zero-order chi connectivity index (χ0) is 31.0. The Morgan fingerprint density at radius 3 is 1.70 bits per heavy atom. The Bertz CT molecular complexity index is 2360. The van der Waals surface area contributed by atoms with Crippen LogP contribution in [0.15, 0.2) is 157 Å². The molecular formula is C42H28N4. The van der Waals surface area contributed by atoms with E-state index in [0.717, 1.165) is 40.2 Å². The molecule has 7 aromatic rings. The van der Waals surface area contributed by atoms with Gasteiger partial charge in [-0.05, 0) is 94.7 Å². The average molecular weight is 589 g/mol. The summed E-state index contributed by atoms with van der Waals surface area (Å²) in [6, 6.07) is 51.1. The highest BCUT2D eigenvalue weighted by Gasteiger charge is 2.24. The van der Waals surface area contributed by atoms with E-state index in [-0.39, 0.29) is 6.04 Å². The van der Waals surface area contributed by atoms with Gasteiger partial charge in [0.1, 0.15) is 0 Å². The van der Waals surface area contributed by atoms with Gasteiger partial charge in [-0.3, -0.25) is 0 Å². The fraction of sp³-hybridized carbons (Fsp3) is 0.0476. The van der Waals surface area contributed by atoms with Gasteiger partial charge in [0.25, 0.3) is 0 Å². The summed E-state index contributed by atoms with van der Waals surface area (Å²) in [5.74, 6) is 0. The highest BCUT2D eigenvalue weighted by atomic mass is 15.2. The number of nitrogens with zero attached hydrogens (tertiary/aromatic N) is 4. The third-order valence-corrected chi connectivity index (χ3v) is 8.96. The minimum absolute atomic E-state index is 0.0680. The quantitative estimate of drug-likeness (QED) is 0.181. The molecule has 0 aromatic heterocycles. The molecule has 0 saturated heterocycles. The first-order chi connectivity index (χ1) is 22.7. The normalized spacial score (nSPS) is 14.2. The van der Waals surface area contributed by atoms with Gasteiger partial charge in [-0.2, -0.15) is 10.5 Å². The molecule has 1 aliphatic carbocycles. The second-order valence-corrected chi connectivity index (χ2v) is 11.6. The van der Waals surface area contributed by atoms with Crippen LogP contribution in [0.1, 0.15) is 12.0 Å². The van der Waals surface area contributed by atoms with Gasteiger partial charge in [0.2, 0.25) is 0 Å². The van der Waals surface area contributed by atoms with E-state index < -0.39 is 0 Å². The molecule has 1 aliphatic rings. The van der Waals surface area contributed by atoms with Crippen LogP contribution in [-0.2, 0) is 0 Å². The van der Waals surface area contributed by atoms with E-state index in [9.17, 15) is 10.5 Å². The van der Waals surface area contributed by atoms with Gasteiger partial charge in [0, 0.05) is 39.1 Å². The molecule has 0 amide bonds. The van der Waals surface area contributed by atoms with Crippen molar-refractivity contribution in [1.29, 1.82) is 10.5 Å². The SMILES string of the molecule is N#CC1=CCC(N(c2ccccc2)c2ccc3ccc4c(N(c5ccccc5)c5ccc(C#N)cc5)ccc5ccc2c3c54)C=C1. The van der Waals surface area contributed by atoms with Gasteiger partial charge in [-0.15, -0.1) is 0 Å². The second kappa shape index (κ2) is 11.3. The number of hydrogen-bond donors (Lipinski definition) is 0. The van der Waals surface area contributed by atoms with Crippen LogP contribution in [-0.4, -0.2) is 6.04 Å². The van der Waals surface area contributed by atoms with Crippen molar-refractivity contribution in [2.75, 3.05) is 9.80 Å². The fourth-order valence-corrected chi connectivity index (χ4v) is 6.85. The van der Waals surface area contributed by atoms with E-state index in [4.69, 9.17) is 0 Å². The third-order valence-electron chi connectivity index (χ3n) is 8.96. The van der Waals surface area contributed by atoms with Crippen molar-refractivity contribution in [3.8, 4) is 12.1 Å². The summed E-state index contributed by atoms with van der Waals surface area (Å²) in [6.07, 6.45) is 6.87. The fourth-order valence-electron chi connectivity index (χ4n) is 6.85. The lowest BCUT2D eigenvalue weighted by molar-refractivity contribution is 0.784. The highest BCUT2D eigenvalue weighted by molar-refractivity contribution is 6.28. The Morgan fingerprint density at radius 2 is 1.11 bits per heavy atom. The molecule has 0 radical (unpaired) electrons. The highest BCUT2D eigenvalue weighted by Crippen LogP contribution is 2.46. The summed E-state index contributed by atoms with van der Waals surface area (Å²) >= 11 is 0. The van der Waals surface area contributed by atoms with E-state index in [1.807, 2.05) is 48.6 Å². The van der Waals surface area contributed by atoms with E-state index >= 15 is 0 Å². The summed E-state index contributed by atoms with van der Waals surface area (Å²) in [5.41, 5.74) is 6.70. The molecule has 7 aromatic carbocycles. The summed E-state index contributed by atoms with van der Waals surface area (Å²) in [4.78, 5) is 4.68. The van der Waals surface area contributed by atoms with Crippen LogP contribution < -0.4 is 9.80 Å². The summed E-state index contributed by atoms with van der Waals surface area (Å²) in [7, 11) is 0. The molecule has 4 nitrogen and oxygen atoms in total. The summed E-state index contributed by atoms with van der Waals surface area (Å²) in [6.45, 7) is 0. The molecule has 0 bridgehead atoms. The number of rotatable bonds is 6. The molecule has 46 heavy (non-hydrogen) atoms. The van der Waals surface area contributed by atoms with E-state index in [1.54, 1.807) is 0 Å². The molecule has 1 unspecified atom stereocenters. The Kier molecular flexibility index (Phi) is 6.68. The van der Waals surface area contributed by atoms with Gasteiger partial charge in [0.05, 0.1) is 29.4 Å². The lowest BCUT2D eigenvalue weighted by atomic mass is 9.91. The van der Waals surface area contributed by atoms with Gasteiger partial charge in [0.15, 0.2) is 0 Å². The van der Waals surface area contributed by atoms with Gasteiger partial charge in [-0.1, -0.05) is 84.9 Å². The predicted molar refractivity (Wildman–Crippen MR) is 189 cm³/mol. The van der Waals surface area contributed by atoms with E-state index in [2.05, 4.69) is 125 Å². The number of nitriles is 2. The van der Waals surface area contributed by atoms with Crippen molar-refractivity contribution in [1.82, 2.24) is 0 Å². The van der Waals surface area contributed by atoms with Crippen molar-refractivity contribution in [2.45, 2.75) is 12.5 Å². The smallest absolute Gasteiger partial charge is 0.0991 e. The summed E-state index contributed by atoms with van der Waals surface area (Å²) < 4.78 is 0. The predicted octanol–water partition coefficient (Wildman–Crippen LogP) is 10.8. The van der Waals surface area contributed by atoms with Crippen molar-refractivity contribution in [3.63, 3.8) is 0 Å². The standard InChI is InChI=1S/C42H28N4/c43-27-29-11-19-35(20-12-29)45(33-7-3-1-4-8-33)39-25-17-31-16-24-38-40(26-18-32-15-23-37(39)41(31)42(32)38)46(34-9-5-2-6-10-34)36-21-13-30(28-44)14-22-36/h1-21,23-26,36H,22H2. The minimum atomic E-state index is 0.0680. The van der Waals surface area contributed by atoms with Crippen molar-refractivity contribution >= 4 is 60.8 Å². The molecular weight excluding hydrogens is 560 g/mol. The Morgan fingerprint density at radius 1 is 0.543 bits per heavy atom. The van der Waals surface area contributed by atoms with Crippen LogP contribution in [0.4, 0.5) is 28.4 Å². The topological polar surface area (TPSA) is 54.1 Å².